The molecule has 1 aromatic rings. The molecule has 120 valence electrons. The highest BCUT2D eigenvalue weighted by atomic mass is 79.9. The molecule has 2 saturated heterocycles. The van der Waals surface area contributed by atoms with Crippen molar-refractivity contribution < 1.29 is 14.3 Å². The lowest BCUT2D eigenvalue weighted by Crippen LogP contribution is -2.48. The van der Waals surface area contributed by atoms with E-state index in [1.807, 2.05) is 23.1 Å². The standard InChI is InChI=1S/C16H21BrN2O3/c17-13-3-1-2-12(8-13)15-10-19(5-7-22-15)16(20)9-14-11-21-6-4-18-14/h1-3,8,14-15,18H,4-7,9-11H2. The molecule has 2 unspecified atom stereocenters. The summed E-state index contributed by atoms with van der Waals surface area (Å²) in [4.78, 5) is 14.4. The van der Waals surface area contributed by atoms with Gasteiger partial charge in [-0.1, -0.05) is 28.1 Å². The third-order valence-corrected chi connectivity index (χ3v) is 4.55. The minimum absolute atomic E-state index is 0.0502. The Morgan fingerprint density at radius 1 is 1.41 bits per heavy atom. The summed E-state index contributed by atoms with van der Waals surface area (Å²) >= 11 is 3.48. The molecule has 2 atom stereocenters. The van der Waals surface area contributed by atoms with Crippen LogP contribution in [0.1, 0.15) is 18.1 Å². The second kappa shape index (κ2) is 7.55. The van der Waals surface area contributed by atoms with Gasteiger partial charge in [0.25, 0.3) is 0 Å². The number of halogens is 1. The van der Waals surface area contributed by atoms with E-state index in [1.165, 1.54) is 0 Å². The molecule has 0 aliphatic carbocycles. The van der Waals surface area contributed by atoms with Crippen LogP contribution in [0.25, 0.3) is 0 Å². The summed E-state index contributed by atoms with van der Waals surface area (Å²) in [5.41, 5.74) is 1.10. The van der Waals surface area contributed by atoms with Crippen LogP contribution in [0.4, 0.5) is 0 Å². The van der Waals surface area contributed by atoms with Crippen molar-refractivity contribution >= 4 is 21.8 Å². The van der Waals surface area contributed by atoms with Crippen LogP contribution in [0.15, 0.2) is 28.7 Å². The lowest BCUT2D eigenvalue weighted by Gasteiger charge is -2.34. The molecule has 0 bridgehead atoms. The summed E-state index contributed by atoms with van der Waals surface area (Å²) in [5.74, 6) is 0.172. The van der Waals surface area contributed by atoms with Gasteiger partial charge in [0.2, 0.25) is 5.91 Å². The van der Waals surface area contributed by atoms with Gasteiger partial charge in [-0.3, -0.25) is 4.79 Å². The normalized spacial score (nSPS) is 26.0. The summed E-state index contributed by atoms with van der Waals surface area (Å²) in [5, 5.41) is 3.33. The molecule has 2 aliphatic rings. The van der Waals surface area contributed by atoms with Crippen LogP contribution in [-0.4, -0.2) is 56.3 Å². The smallest absolute Gasteiger partial charge is 0.224 e. The Morgan fingerprint density at radius 2 is 2.32 bits per heavy atom. The number of nitrogens with zero attached hydrogens (tertiary/aromatic N) is 1. The van der Waals surface area contributed by atoms with E-state index < -0.39 is 0 Å². The minimum atomic E-state index is -0.0502. The molecule has 1 N–H and O–H groups in total. The minimum Gasteiger partial charge on any atom is -0.378 e. The first-order valence-corrected chi connectivity index (χ1v) is 8.47. The van der Waals surface area contributed by atoms with Gasteiger partial charge in [-0.2, -0.15) is 0 Å². The van der Waals surface area contributed by atoms with Crippen molar-refractivity contribution in [3.63, 3.8) is 0 Å². The third-order valence-electron chi connectivity index (χ3n) is 4.06. The van der Waals surface area contributed by atoms with Crippen LogP contribution in [0, 0.1) is 0 Å². The maximum atomic E-state index is 12.5. The monoisotopic (exact) mass is 368 g/mol. The molecule has 6 heteroatoms. The largest absolute Gasteiger partial charge is 0.378 e. The number of hydrogen-bond acceptors (Lipinski definition) is 4. The number of nitrogens with one attached hydrogen (secondary N) is 1. The van der Waals surface area contributed by atoms with E-state index in [-0.39, 0.29) is 18.1 Å². The Labute approximate surface area is 139 Å². The number of carbonyl (C=O) groups excluding carboxylic acids is 1. The number of amides is 1. The predicted octanol–water partition coefficient (Wildman–Crippen LogP) is 1.73. The van der Waals surface area contributed by atoms with Crippen LogP contribution in [0.5, 0.6) is 0 Å². The fourth-order valence-corrected chi connectivity index (χ4v) is 3.29. The van der Waals surface area contributed by atoms with E-state index in [2.05, 4.69) is 27.3 Å². The van der Waals surface area contributed by atoms with Crippen molar-refractivity contribution in [1.82, 2.24) is 10.2 Å². The Morgan fingerprint density at radius 3 is 3.09 bits per heavy atom. The molecule has 3 rings (SSSR count). The Kier molecular flexibility index (Phi) is 5.46. The van der Waals surface area contributed by atoms with Gasteiger partial charge in [0.1, 0.15) is 6.10 Å². The van der Waals surface area contributed by atoms with Gasteiger partial charge < -0.3 is 19.7 Å². The highest BCUT2D eigenvalue weighted by Crippen LogP contribution is 2.25. The average Bonchev–Trinajstić information content (AvgIpc) is 2.56. The Hall–Kier alpha value is -0.950. The topological polar surface area (TPSA) is 50.8 Å². The van der Waals surface area contributed by atoms with Crippen molar-refractivity contribution in [1.29, 1.82) is 0 Å². The van der Waals surface area contributed by atoms with Gasteiger partial charge in [0.05, 0.1) is 26.4 Å². The summed E-state index contributed by atoms with van der Waals surface area (Å²) in [6.07, 6.45) is 0.441. The number of carbonyl (C=O) groups is 1. The molecule has 5 nitrogen and oxygen atoms in total. The number of rotatable bonds is 3. The van der Waals surface area contributed by atoms with Gasteiger partial charge in [-0.15, -0.1) is 0 Å². The number of ether oxygens (including phenoxy) is 2. The summed E-state index contributed by atoms with van der Waals surface area (Å²) < 4.78 is 12.3. The van der Waals surface area contributed by atoms with E-state index in [9.17, 15) is 4.79 Å². The summed E-state index contributed by atoms with van der Waals surface area (Å²) in [6.45, 7) is 4.03. The fraction of sp³-hybridized carbons (Fsp3) is 0.562. The number of morpholine rings is 2. The van der Waals surface area contributed by atoms with Crippen LogP contribution in [-0.2, 0) is 14.3 Å². The maximum absolute atomic E-state index is 12.5. The Bertz CT molecular complexity index is 520. The van der Waals surface area contributed by atoms with E-state index in [4.69, 9.17) is 9.47 Å². The van der Waals surface area contributed by atoms with E-state index in [1.54, 1.807) is 0 Å². The van der Waals surface area contributed by atoms with Crippen LogP contribution in [0.2, 0.25) is 0 Å². The molecule has 1 amide bonds. The zero-order chi connectivity index (χ0) is 15.4. The lowest BCUT2D eigenvalue weighted by atomic mass is 10.1. The second-order valence-electron chi connectivity index (χ2n) is 5.68. The van der Waals surface area contributed by atoms with Crippen molar-refractivity contribution in [2.24, 2.45) is 0 Å². The second-order valence-corrected chi connectivity index (χ2v) is 6.60. The van der Waals surface area contributed by atoms with Crippen LogP contribution >= 0.6 is 15.9 Å². The first-order valence-electron chi connectivity index (χ1n) is 7.68. The van der Waals surface area contributed by atoms with Gasteiger partial charge in [-0.25, -0.2) is 0 Å². The molecule has 22 heavy (non-hydrogen) atoms. The zero-order valence-electron chi connectivity index (χ0n) is 12.5. The first-order chi connectivity index (χ1) is 10.7. The molecular weight excluding hydrogens is 348 g/mol. The summed E-state index contributed by atoms with van der Waals surface area (Å²) in [7, 11) is 0. The van der Waals surface area contributed by atoms with E-state index >= 15 is 0 Å². The molecular formula is C16H21BrN2O3. The molecule has 2 fully saturated rings. The van der Waals surface area contributed by atoms with E-state index in [0.717, 1.165) is 23.2 Å². The van der Waals surface area contributed by atoms with E-state index in [0.29, 0.717) is 32.7 Å². The molecule has 0 saturated carbocycles. The molecule has 0 radical (unpaired) electrons. The average molecular weight is 369 g/mol. The summed E-state index contributed by atoms with van der Waals surface area (Å²) in [6, 6.07) is 8.21. The van der Waals surface area contributed by atoms with Crippen molar-refractivity contribution in [2.45, 2.75) is 18.6 Å². The highest BCUT2D eigenvalue weighted by Gasteiger charge is 2.27. The predicted molar refractivity (Wildman–Crippen MR) is 86.6 cm³/mol. The van der Waals surface area contributed by atoms with Crippen molar-refractivity contribution in [3.8, 4) is 0 Å². The Balaban J connectivity index is 1.58. The first kappa shape index (κ1) is 15.9. The lowest BCUT2D eigenvalue weighted by molar-refractivity contribution is -0.140. The van der Waals surface area contributed by atoms with Crippen LogP contribution in [0.3, 0.4) is 0 Å². The van der Waals surface area contributed by atoms with Gasteiger partial charge >= 0.3 is 0 Å². The molecule has 2 aliphatic heterocycles. The maximum Gasteiger partial charge on any atom is 0.224 e. The molecule has 0 aromatic heterocycles. The van der Waals surface area contributed by atoms with Gasteiger partial charge in [0.15, 0.2) is 0 Å². The zero-order valence-corrected chi connectivity index (χ0v) is 14.0. The quantitative estimate of drug-likeness (QED) is 0.882. The fourth-order valence-electron chi connectivity index (χ4n) is 2.88. The highest BCUT2D eigenvalue weighted by molar-refractivity contribution is 9.10. The van der Waals surface area contributed by atoms with Crippen LogP contribution < -0.4 is 5.32 Å². The SMILES string of the molecule is O=C(CC1COCCN1)N1CCOC(c2cccc(Br)c2)C1. The molecule has 2 heterocycles. The number of benzene rings is 1. The van der Waals surface area contributed by atoms with Crippen molar-refractivity contribution in [3.05, 3.63) is 34.3 Å². The third kappa shape index (κ3) is 4.07. The van der Waals surface area contributed by atoms with Crippen molar-refractivity contribution in [2.75, 3.05) is 39.5 Å². The van der Waals surface area contributed by atoms with Gasteiger partial charge in [0, 0.05) is 30.0 Å². The number of hydrogen-bond donors (Lipinski definition) is 1. The molecule has 0 spiro atoms. The van der Waals surface area contributed by atoms with Gasteiger partial charge in [-0.05, 0) is 17.7 Å². The molecule has 1 aromatic carbocycles.